The average Bonchev–Trinajstić information content (AvgIpc) is 3.23. The number of Topliss-reactive ketones (excluding diaryl/α,β-unsaturated/α-hetero) is 1. The number of ketones is 1. The van der Waals surface area contributed by atoms with Gasteiger partial charge in [-0.05, 0) is 39.5 Å². The third-order valence-electron chi connectivity index (χ3n) is 6.54. The Balaban J connectivity index is 1.55. The molecule has 3 amide bonds. The van der Waals surface area contributed by atoms with Crippen molar-refractivity contribution in [2.75, 3.05) is 18.9 Å². The number of hydrogen-bond donors (Lipinski definition) is 3. The Morgan fingerprint density at radius 1 is 1.16 bits per heavy atom. The molecule has 32 heavy (non-hydrogen) atoms. The third kappa shape index (κ3) is 8.25. The van der Waals surface area contributed by atoms with Crippen LogP contribution in [-0.2, 0) is 14.3 Å². The van der Waals surface area contributed by atoms with Crippen LogP contribution in [0.25, 0.3) is 0 Å². The topological polar surface area (TPSA) is 96.5 Å². The van der Waals surface area contributed by atoms with E-state index < -0.39 is 0 Å². The Morgan fingerprint density at radius 3 is 2.56 bits per heavy atom. The van der Waals surface area contributed by atoms with Crippen LogP contribution in [0.4, 0.5) is 4.79 Å². The highest BCUT2D eigenvalue weighted by molar-refractivity contribution is 8.00. The van der Waals surface area contributed by atoms with Gasteiger partial charge in [0.15, 0.2) is 0 Å². The van der Waals surface area contributed by atoms with Crippen LogP contribution in [0.15, 0.2) is 0 Å². The highest BCUT2D eigenvalue weighted by Gasteiger charge is 2.42. The lowest BCUT2D eigenvalue weighted by Crippen LogP contribution is -2.36. The molecule has 0 bridgehead atoms. The number of thioether (sulfide) groups is 1. The fourth-order valence-corrected chi connectivity index (χ4v) is 5.97. The first-order valence-electron chi connectivity index (χ1n) is 12.0. The van der Waals surface area contributed by atoms with Gasteiger partial charge in [0.1, 0.15) is 5.78 Å². The second kappa shape index (κ2) is 11.7. The number of rotatable bonds is 14. The molecule has 0 aromatic heterocycles. The van der Waals surface area contributed by atoms with Crippen LogP contribution >= 0.6 is 11.8 Å². The zero-order chi connectivity index (χ0) is 23.9. The molecule has 2 rings (SSSR count). The molecule has 0 saturated carbocycles. The number of fused-ring (bicyclic) bond motifs is 1. The van der Waals surface area contributed by atoms with Crippen LogP contribution in [0.2, 0.25) is 0 Å². The van der Waals surface area contributed by atoms with E-state index in [9.17, 15) is 14.4 Å². The lowest BCUT2D eigenvalue weighted by molar-refractivity contribution is -0.132. The molecule has 8 heteroatoms. The zero-order valence-corrected chi connectivity index (χ0v) is 21.5. The third-order valence-corrected chi connectivity index (χ3v) is 8.05. The summed E-state index contributed by atoms with van der Waals surface area (Å²) in [7, 11) is 0. The van der Waals surface area contributed by atoms with Gasteiger partial charge in [-0.3, -0.25) is 9.59 Å². The zero-order valence-electron chi connectivity index (χ0n) is 20.7. The number of urea groups is 1. The predicted molar refractivity (Wildman–Crippen MR) is 130 cm³/mol. The molecule has 2 saturated heterocycles. The van der Waals surface area contributed by atoms with Gasteiger partial charge >= 0.3 is 6.03 Å². The van der Waals surface area contributed by atoms with Crippen molar-refractivity contribution in [3.63, 3.8) is 0 Å². The summed E-state index contributed by atoms with van der Waals surface area (Å²) >= 11 is 1.91. The van der Waals surface area contributed by atoms with Crippen molar-refractivity contribution in [2.45, 2.75) is 103 Å². The molecule has 0 unspecified atom stereocenters. The van der Waals surface area contributed by atoms with Gasteiger partial charge in [-0.25, -0.2) is 4.79 Å². The van der Waals surface area contributed by atoms with E-state index in [0.29, 0.717) is 31.2 Å². The largest absolute Gasteiger partial charge is 0.375 e. The fraction of sp³-hybridized carbons (Fsp3) is 0.875. The van der Waals surface area contributed by atoms with Gasteiger partial charge in [0, 0.05) is 41.9 Å². The van der Waals surface area contributed by atoms with Crippen LogP contribution in [0, 0.1) is 11.3 Å². The molecule has 0 aromatic rings. The number of unbranched alkanes of at least 4 members (excludes halogenated alkanes) is 1. The molecule has 2 aliphatic rings. The van der Waals surface area contributed by atoms with Gasteiger partial charge in [0.2, 0.25) is 5.91 Å². The van der Waals surface area contributed by atoms with E-state index in [1.807, 2.05) is 53.3 Å². The minimum atomic E-state index is -0.379. The van der Waals surface area contributed by atoms with E-state index >= 15 is 0 Å². The maximum Gasteiger partial charge on any atom is 0.315 e. The second-order valence-electron chi connectivity index (χ2n) is 10.7. The molecule has 3 N–H and O–H groups in total. The molecule has 7 nitrogen and oxygen atoms in total. The summed E-state index contributed by atoms with van der Waals surface area (Å²) in [5.41, 5.74) is -0.726. The van der Waals surface area contributed by atoms with Gasteiger partial charge in [-0.15, -0.1) is 0 Å². The predicted octanol–water partition coefficient (Wildman–Crippen LogP) is 3.66. The smallest absolute Gasteiger partial charge is 0.315 e. The van der Waals surface area contributed by atoms with E-state index in [2.05, 4.69) is 16.0 Å². The number of ether oxygens (including phenoxy) is 1. The van der Waals surface area contributed by atoms with Crippen molar-refractivity contribution in [2.24, 2.45) is 11.3 Å². The Kier molecular flexibility index (Phi) is 9.88. The lowest BCUT2D eigenvalue weighted by atomic mass is 9.80. The van der Waals surface area contributed by atoms with Gasteiger partial charge in [-0.2, -0.15) is 11.8 Å². The molecule has 2 heterocycles. The fourth-order valence-electron chi connectivity index (χ4n) is 4.42. The summed E-state index contributed by atoms with van der Waals surface area (Å²) in [5, 5.41) is 9.42. The molecule has 2 aliphatic heterocycles. The van der Waals surface area contributed by atoms with Crippen LogP contribution in [0.3, 0.4) is 0 Å². The average molecular weight is 470 g/mol. The molecule has 184 valence electrons. The Hall–Kier alpha value is -1.28. The number of carbonyl (C=O) groups is 3. The van der Waals surface area contributed by atoms with E-state index in [4.69, 9.17) is 4.74 Å². The molecule has 0 aliphatic carbocycles. The number of carbonyl (C=O) groups excluding carboxylic acids is 3. The quantitative estimate of drug-likeness (QED) is 0.267. The van der Waals surface area contributed by atoms with Gasteiger partial charge in [-0.1, -0.05) is 34.1 Å². The number of nitrogens with one attached hydrogen (secondary N) is 3. The van der Waals surface area contributed by atoms with Crippen molar-refractivity contribution >= 4 is 29.5 Å². The first kappa shape index (κ1) is 27.0. The summed E-state index contributed by atoms with van der Waals surface area (Å²) in [6, 6.07) is 0.440. The second-order valence-corrected chi connectivity index (χ2v) is 12.0. The van der Waals surface area contributed by atoms with Crippen molar-refractivity contribution < 1.29 is 19.1 Å². The highest BCUT2D eigenvalue weighted by atomic mass is 32.2. The van der Waals surface area contributed by atoms with Crippen molar-refractivity contribution in [1.29, 1.82) is 0 Å². The van der Waals surface area contributed by atoms with Crippen LogP contribution < -0.4 is 16.0 Å². The van der Waals surface area contributed by atoms with Gasteiger partial charge in [0.05, 0.1) is 17.7 Å². The summed E-state index contributed by atoms with van der Waals surface area (Å²) in [6.45, 7) is 13.0. The maximum absolute atomic E-state index is 12.3. The first-order chi connectivity index (χ1) is 14.9. The van der Waals surface area contributed by atoms with E-state index in [-0.39, 0.29) is 46.7 Å². The Bertz CT molecular complexity index is 666. The Labute approximate surface area is 197 Å². The van der Waals surface area contributed by atoms with Gasteiger partial charge in [0.25, 0.3) is 0 Å². The molecule has 0 spiro atoms. The maximum atomic E-state index is 12.3. The molecular formula is C24H43N3O4S. The summed E-state index contributed by atoms with van der Waals surface area (Å²) < 4.78 is 6.03. The minimum Gasteiger partial charge on any atom is -0.375 e. The van der Waals surface area contributed by atoms with E-state index in [0.717, 1.165) is 31.4 Å². The summed E-state index contributed by atoms with van der Waals surface area (Å²) in [4.78, 5) is 35.9. The number of amides is 3. The lowest BCUT2D eigenvalue weighted by Gasteiger charge is -2.29. The molecule has 0 aromatic carbocycles. The van der Waals surface area contributed by atoms with Crippen molar-refractivity contribution in [3.8, 4) is 0 Å². The van der Waals surface area contributed by atoms with Crippen molar-refractivity contribution in [1.82, 2.24) is 16.0 Å². The number of hydrogen-bond acceptors (Lipinski definition) is 5. The van der Waals surface area contributed by atoms with Crippen LogP contribution in [-0.4, -0.2) is 59.6 Å². The monoisotopic (exact) mass is 469 g/mol. The van der Waals surface area contributed by atoms with E-state index in [1.54, 1.807) is 0 Å². The minimum absolute atomic E-state index is 0.0302. The Morgan fingerprint density at radius 2 is 1.88 bits per heavy atom. The SMILES string of the molecule is CC(C)C(=O)C(C)(C)CCOC(C)(C)CCNC(=O)CCCC[C@@H]1SC[C@@H]2NC(=O)N[C@@H]21. The molecule has 0 radical (unpaired) electrons. The molecule has 3 atom stereocenters. The van der Waals surface area contributed by atoms with Crippen molar-refractivity contribution in [3.05, 3.63) is 0 Å². The van der Waals surface area contributed by atoms with Crippen LogP contribution in [0.1, 0.15) is 80.1 Å². The standard InChI is InChI=1S/C24H43N3O4S/c1-16(2)21(29)23(3,4)12-14-31-24(5,6)11-13-25-19(28)10-8-7-9-18-20-17(15-32-18)26-22(30)27-20/h16-18,20H,7-15H2,1-6H3,(H,25,28)(H2,26,27,30)/t17-,18-,20-/m0/s1. The highest BCUT2D eigenvalue weighted by Crippen LogP contribution is 2.33. The van der Waals surface area contributed by atoms with Gasteiger partial charge < -0.3 is 20.7 Å². The molecular weight excluding hydrogens is 426 g/mol. The molecule has 2 fully saturated rings. The first-order valence-corrected chi connectivity index (χ1v) is 13.1. The summed E-state index contributed by atoms with van der Waals surface area (Å²) in [5.74, 6) is 1.35. The normalized spacial score (nSPS) is 23.1. The summed E-state index contributed by atoms with van der Waals surface area (Å²) in [6.07, 6.45) is 4.83. The van der Waals surface area contributed by atoms with E-state index in [1.165, 1.54) is 0 Å². The van der Waals surface area contributed by atoms with Crippen LogP contribution in [0.5, 0.6) is 0 Å².